The van der Waals surface area contributed by atoms with Crippen LogP contribution in [0, 0.1) is 0 Å². The molecule has 0 radical (unpaired) electrons. The first-order valence-corrected chi connectivity index (χ1v) is 8.27. The van der Waals surface area contributed by atoms with Crippen LogP contribution in [-0.4, -0.2) is 62.9 Å². The van der Waals surface area contributed by atoms with Gasteiger partial charge in [-0.1, -0.05) is 24.3 Å². The smallest absolute Gasteiger partial charge is 0.417 e. The Morgan fingerprint density at radius 3 is 2.68 bits per heavy atom. The number of ether oxygens (including phenoxy) is 2. The molecule has 2 amide bonds. The summed E-state index contributed by atoms with van der Waals surface area (Å²) in [5, 5.41) is 28.7. The molecule has 1 aromatic rings. The van der Waals surface area contributed by atoms with E-state index in [0.717, 1.165) is 16.0 Å². The molecule has 8 heteroatoms. The number of nitrogens with zero attached hydrogens (tertiary/aromatic N) is 1. The molecule has 1 unspecified atom stereocenters. The first-order valence-electron chi connectivity index (χ1n) is 8.27. The molecule has 8 nitrogen and oxygen atoms in total. The van der Waals surface area contributed by atoms with Crippen LogP contribution in [0.1, 0.15) is 30.0 Å². The van der Waals surface area contributed by atoms with Crippen LogP contribution in [0.4, 0.5) is 4.79 Å². The maximum absolute atomic E-state index is 12.6. The van der Waals surface area contributed by atoms with Crippen LogP contribution in [0.5, 0.6) is 0 Å². The highest BCUT2D eigenvalue weighted by molar-refractivity contribution is 5.94. The Morgan fingerprint density at radius 2 is 1.96 bits per heavy atom. The molecular weight excluding hydrogens is 330 g/mol. The van der Waals surface area contributed by atoms with E-state index in [1.165, 1.54) is 0 Å². The molecule has 2 aliphatic heterocycles. The Hall–Kier alpha value is -2.00. The van der Waals surface area contributed by atoms with Crippen LogP contribution < -0.4 is 0 Å². The molecular formula is C17H19NO7. The van der Waals surface area contributed by atoms with Crippen LogP contribution in [0.25, 0.3) is 0 Å². The number of hydrogen-bond acceptors (Lipinski definition) is 7. The molecule has 6 atom stereocenters. The number of benzene rings is 1. The van der Waals surface area contributed by atoms with Gasteiger partial charge in [0.1, 0.15) is 24.4 Å². The fourth-order valence-electron chi connectivity index (χ4n) is 3.86. The number of imide groups is 1. The maximum Gasteiger partial charge on any atom is 0.417 e. The lowest BCUT2D eigenvalue weighted by molar-refractivity contribution is -0.135. The highest BCUT2D eigenvalue weighted by atomic mass is 16.6. The van der Waals surface area contributed by atoms with Gasteiger partial charge in [-0.05, 0) is 17.5 Å². The largest absolute Gasteiger partial charge is 0.443 e. The third-order valence-corrected chi connectivity index (χ3v) is 5.12. The van der Waals surface area contributed by atoms with Crippen molar-refractivity contribution in [3.63, 3.8) is 0 Å². The Balaban J connectivity index is 1.46. The lowest BCUT2D eigenvalue weighted by Gasteiger charge is -2.21. The van der Waals surface area contributed by atoms with E-state index in [1.54, 1.807) is 0 Å². The van der Waals surface area contributed by atoms with Gasteiger partial charge in [-0.15, -0.1) is 0 Å². The van der Waals surface area contributed by atoms with Crippen LogP contribution >= 0.6 is 0 Å². The Bertz CT molecular complexity index is 708. The lowest BCUT2D eigenvalue weighted by Crippen LogP contribution is -2.36. The van der Waals surface area contributed by atoms with Gasteiger partial charge in [0.15, 0.2) is 6.29 Å². The molecule has 1 aromatic carbocycles. The SMILES string of the molecule is O=C(CC[C@H]1OC(O)[C@H](O)[C@@H]1O)N1C(=O)O[C@@H]2Cc3ccccc3[C@@H]21. The molecule has 4 rings (SSSR count). The van der Waals surface area contributed by atoms with E-state index in [2.05, 4.69) is 0 Å². The summed E-state index contributed by atoms with van der Waals surface area (Å²) in [6.07, 6.45) is -5.45. The number of amides is 2. The van der Waals surface area contributed by atoms with Crippen molar-refractivity contribution in [3.8, 4) is 0 Å². The first-order chi connectivity index (χ1) is 12.0. The van der Waals surface area contributed by atoms with Crippen LogP contribution in [0.15, 0.2) is 24.3 Å². The third-order valence-electron chi connectivity index (χ3n) is 5.12. The minimum atomic E-state index is -1.47. The van der Waals surface area contributed by atoms with Crippen molar-refractivity contribution in [3.05, 3.63) is 35.4 Å². The standard InChI is InChI=1S/C17H19NO7/c19-12(6-5-10-14(20)15(21)16(22)24-10)18-13-9-4-2-1-3-8(9)7-11(13)25-17(18)23/h1-4,10-11,13-16,20-22H,5-7H2/t10-,11-,13+,14-,15-,16?/m1/s1. The molecule has 134 valence electrons. The van der Waals surface area contributed by atoms with Crippen molar-refractivity contribution >= 4 is 12.0 Å². The van der Waals surface area contributed by atoms with Gasteiger partial charge in [-0.2, -0.15) is 0 Å². The summed E-state index contributed by atoms with van der Waals surface area (Å²) >= 11 is 0. The van der Waals surface area contributed by atoms with Crippen molar-refractivity contribution in [2.24, 2.45) is 0 Å². The van der Waals surface area contributed by atoms with Gasteiger partial charge >= 0.3 is 6.09 Å². The predicted molar refractivity (Wildman–Crippen MR) is 82.1 cm³/mol. The fraction of sp³-hybridized carbons (Fsp3) is 0.529. The molecule has 0 saturated carbocycles. The van der Waals surface area contributed by atoms with E-state index in [0.29, 0.717) is 6.42 Å². The number of aliphatic hydroxyl groups is 3. The summed E-state index contributed by atoms with van der Waals surface area (Å²) in [5.41, 5.74) is 1.97. The van der Waals surface area contributed by atoms with Gasteiger partial charge in [0.05, 0.1) is 6.10 Å². The van der Waals surface area contributed by atoms with Crippen LogP contribution in [0.3, 0.4) is 0 Å². The van der Waals surface area contributed by atoms with Crippen molar-refractivity contribution in [1.29, 1.82) is 0 Å². The van der Waals surface area contributed by atoms with E-state index in [1.807, 2.05) is 24.3 Å². The van der Waals surface area contributed by atoms with Crippen molar-refractivity contribution in [2.75, 3.05) is 0 Å². The maximum atomic E-state index is 12.6. The van der Waals surface area contributed by atoms with Gasteiger partial charge in [-0.3, -0.25) is 4.79 Å². The van der Waals surface area contributed by atoms with Gasteiger partial charge in [0, 0.05) is 12.8 Å². The summed E-state index contributed by atoms with van der Waals surface area (Å²) in [6.45, 7) is 0. The molecule has 2 saturated heterocycles. The number of hydrogen-bond donors (Lipinski definition) is 3. The number of fused-ring (bicyclic) bond motifs is 3. The minimum absolute atomic E-state index is 0.0678. The van der Waals surface area contributed by atoms with E-state index in [4.69, 9.17) is 9.47 Å². The zero-order chi connectivity index (χ0) is 17.7. The highest BCUT2D eigenvalue weighted by Crippen LogP contribution is 2.43. The van der Waals surface area contributed by atoms with Gasteiger partial charge in [0.2, 0.25) is 5.91 Å². The highest BCUT2D eigenvalue weighted by Gasteiger charge is 2.50. The van der Waals surface area contributed by atoms with Crippen molar-refractivity contribution < 1.29 is 34.4 Å². The van der Waals surface area contributed by atoms with Crippen molar-refractivity contribution in [2.45, 2.75) is 56.0 Å². The molecule has 0 aromatic heterocycles. The van der Waals surface area contributed by atoms with Crippen LogP contribution in [-0.2, 0) is 20.7 Å². The summed E-state index contributed by atoms with van der Waals surface area (Å²) in [4.78, 5) is 25.9. The normalized spacial score (nSPS) is 36.3. The zero-order valence-electron chi connectivity index (χ0n) is 13.3. The Morgan fingerprint density at radius 1 is 1.20 bits per heavy atom. The number of carbonyl (C=O) groups excluding carboxylic acids is 2. The predicted octanol–water partition coefficient (Wildman–Crippen LogP) is -0.150. The molecule has 3 aliphatic rings. The molecule has 3 N–H and O–H groups in total. The van der Waals surface area contributed by atoms with E-state index in [-0.39, 0.29) is 18.9 Å². The molecule has 0 spiro atoms. The fourth-order valence-corrected chi connectivity index (χ4v) is 3.86. The van der Waals surface area contributed by atoms with E-state index in [9.17, 15) is 24.9 Å². The second kappa shape index (κ2) is 6.06. The minimum Gasteiger partial charge on any atom is -0.443 e. The molecule has 1 aliphatic carbocycles. The summed E-state index contributed by atoms with van der Waals surface area (Å²) in [5.74, 6) is -0.430. The average Bonchev–Trinajstić information content (AvgIpc) is 3.18. The van der Waals surface area contributed by atoms with Gasteiger partial charge < -0.3 is 24.8 Å². The average molecular weight is 349 g/mol. The number of aliphatic hydroxyl groups excluding tert-OH is 3. The summed E-state index contributed by atoms with van der Waals surface area (Å²) < 4.78 is 10.4. The lowest BCUT2D eigenvalue weighted by atomic mass is 10.0. The molecule has 2 fully saturated rings. The van der Waals surface area contributed by atoms with Gasteiger partial charge in [-0.25, -0.2) is 9.69 Å². The third kappa shape index (κ3) is 2.62. The van der Waals surface area contributed by atoms with Crippen molar-refractivity contribution in [1.82, 2.24) is 4.90 Å². The van der Waals surface area contributed by atoms with E-state index < -0.39 is 42.6 Å². The summed E-state index contributed by atoms with van der Waals surface area (Å²) in [7, 11) is 0. The second-order valence-corrected chi connectivity index (χ2v) is 6.62. The Labute approximate surface area is 143 Å². The second-order valence-electron chi connectivity index (χ2n) is 6.62. The molecule has 0 bridgehead atoms. The number of carbonyl (C=O) groups is 2. The topological polar surface area (TPSA) is 117 Å². The number of rotatable bonds is 3. The zero-order valence-corrected chi connectivity index (χ0v) is 13.3. The molecule has 25 heavy (non-hydrogen) atoms. The first kappa shape index (κ1) is 16.5. The van der Waals surface area contributed by atoms with E-state index >= 15 is 0 Å². The van der Waals surface area contributed by atoms with Gasteiger partial charge in [0.25, 0.3) is 0 Å². The summed E-state index contributed by atoms with van der Waals surface area (Å²) in [6, 6.07) is 7.18. The monoisotopic (exact) mass is 349 g/mol. The molecule has 2 heterocycles. The Kier molecular flexibility index (Phi) is 3.99. The quantitative estimate of drug-likeness (QED) is 0.695. The van der Waals surface area contributed by atoms with Crippen LogP contribution in [0.2, 0.25) is 0 Å².